The molecule has 0 bridgehead atoms. The Labute approximate surface area is 268 Å². The molecule has 2 aromatic heterocycles. The van der Waals surface area contributed by atoms with Gasteiger partial charge in [-0.2, -0.15) is 9.49 Å². The second kappa shape index (κ2) is 12.9. The zero-order valence-corrected chi connectivity index (χ0v) is 28.3. The van der Waals surface area contributed by atoms with E-state index in [0.29, 0.717) is 39.7 Å². The van der Waals surface area contributed by atoms with Gasteiger partial charge in [-0.15, -0.1) is 0 Å². The molecular formula is C35H44F2N4O5. The molecule has 2 heterocycles. The molecule has 46 heavy (non-hydrogen) atoms. The number of pyridine rings is 1. The monoisotopic (exact) mass is 638 g/mol. The fourth-order valence-corrected chi connectivity index (χ4v) is 5.26. The van der Waals surface area contributed by atoms with Gasteiger partial charge in [0.25, 0.3) is 5.56 Å². The Balaban J connectivity index is 1.71. The molecule has 11 heteroatoms. The van der Waals surface area contributed by atoms with Crippen molar-refractivity contribution in [2.75, 3.05) is 13.7 Å². The number of amides is 1. The number of carbonyl (C=O) groups is 1. The van der Waals surface area contributed by atoms with Crippen molar-refractivity contribution in [2.45, 2.75) is 73.1 Å². The van der Waals surface area contributed by atoms with Gasteiger partial charge in [0, 0.05) is 62.4 Å². The Kier molecular flexibility index (Phi) is 9.68. The smallest absolute Gasteiger partial charge is 0.410 e. The lowest BCUT2D eigenvalue weighted by Gasteiger charge is -2.25. The summed E-state index contributed by atoms with van der Waals surface area (Å²) in [7, 11) is 5.01. The molecule has 0 aliphatic heterocycles. The van der Waals surface area contributed by atoms with Crippen molar-refractivity contribution in [1.82, 2.24) is 19.2 Å². The molecule has 248 valence electrons. The number of rotatable bonds is 8. The summed E-state index contributed by atoms with van der Waals surface area (Å²) in [5, 5.41) is 16.1. The second-order valence-electron chi connectivity index (χ2n) is 13.8. The molecule has 4 aromatic rings. The Morgan fingerprint density at radius 3 is 2.37 bits per heavy atom. The van der Waals surface area contributed by atoms with Gasteiger partial charge in [0.1, 0.15) is 11.7 Å². The first kappa shape index (κ1) is 34.6. The van der Waals surface area contributed by atoms with E-state index in [9.17, 15) is 19.1 Å². The normalized spacial score (nSPS) is 12.8. The van der Waals surface area contributed by atoms with Crippen LogP contribution in [0, 0.1) is 24.0 Å². The van der Waals surface area contributed by atoms with Crippen molar-refractivity contribution in [3.63, 3.8) is 0 Å². The van der Waals surface area contributed by atoms with Gasteiger partial charge >= 0.3 is 6.09 Å². The van der Waals surface area contributed by atoms with Crippen molar-refractivity contribution in [3.05, 3.63) is 80.9 Å². The Morgan fingerprint density at radius 2 is 1.74 bits per heavy atom. The van der Waals surface area contributed by atoms with E-state index in [1.54, 1.807) is 64.8 Å². The minimum Gasteiger partial charge on any atom is -0.489 e. The number of aliphatic hydroxyl groups excluding tert-OH is 1. The number of hydrogen-bond acceptors (Lipinski definition) is 6. The third kappa shape index (κ3) is 7.25. The molecule has 9 nitrogen and oxygen atoms in total. The Bertz CT molecular complexity index is 1830. The fraction of sp³-hybridized carbons (Fsp3) is 0.457. The maximum Gasteiger partial charge on any atom is 0.410 e. The van der Waals surface area contributed by atoms with Crippen LogP contribution in [0.5, 0.6) is 5.75 Å². The number of aromatic nitrogens is 3. The van der Waals surface area contributed by atoms with Gasteiger partial charge in [-0.1, -0.05) is 26.8 Å². The Hall–Kier alpha value is -4.25. The highest BCUT2D eigenvalue weighted by Gasteiger charge is 2.30. The van der Waals surface area contributed by atoms with Crippen molar-refractivity contribution < 1.29 is 28.2 Å². The summed E-state index contributed by atoms with van der Waals surface area (Å²) in [6.07, 6.45) is -1.07. The fourth-order valence-electron chi connectivity index (χ4n) is 5.26. The largest absolute Gasteiger partial charge is 0.489 e. The van der Waals surface area contributed by atoms with Gasteiger partial charge in [0.2, 0.25) is 5.82 Å². The number of benzene rings is 2. The molecule has 1 N–H and O–H groups in total. The summed E-state index contributed by atoms with van der Waals surface area (Å²) in [5.41, 5.74) is 2.76. The zero-order valence-electron chi connectivity index (χ0n) is 28.3. The van der Waals surface area contributed by atoms with Gasteiger partial charge in [-0.05, 0) is 68.5 Å². The van der Waals surface area contributed by atoms with Crippen LogP contribution in [-0.4, -0.2) is 49.7 Å². The molecule has 1 amide bonds. The Morgan fingerprint density at radius 1 is 1.07 bits per heavy atom. The molecule has 0 spiro atoms. The number of halogens is 2. The molecule has 0 aliphatic carbocycles. The maximum absolute atomic E-state index is 15.4. The van der Waals surface area contributed by atoms with E-state index in [4.69, 9.17) is 9.47 Å². The van der Waals surface area contributed by atoms with E-state index in [1.165, 1.54) is 21.6 Å². The van der Waals surface area contributed by atoms with Crippen LogP contribution < -0.4 is 10.3 Å². The van der Waals surface area contributed by atoms with Crippen molar-refractivity contribution in [3.8, 4) is 16.9 Å². The average Bonchev–Trinajstić information content (AvgIpc) is 3.24. The molecule has 0 radical (unpaired) electrons. The third-order valence-electron chi connectivity index (χ3n) is 7.97. The summed E-state index contributed by atoms with van der Waals surface area (Å²) in [6, 6.07) is 9.17. The van der Waals surface area contributed by atoms with Crippen molar-refractivity contribution >= 4 is 17.0 Å². The van der Waals surface area contributed by atoms with E-state index in [1.807, 2.05) is 27.7 Å². The topological polar surface area (TPSA) is 98.8 Å². The number of hydrogen-bond donors (Lipinski definition) is 1. The minimum absolute atomic E-state index is 0.00220. The van der Waals surface area contributed by atoms with Crippen LogP contribution in [0.4, 0.5) is 13.6 Å². The van der Waals surface area contributed by atoms with Gasteiger partial charge in [0.05, 0.1) is 17.8 Å². The van der Waals surface area contributed by atoms with Crippen LogP contribution in [0.2, 0.25) is 0 Å². The molecule has 0 aliphatic rings. The lowest BCUT2D eigenvalue weighted by atomic mass is 9.85. The van der Waals surface area contributed by atoms with Crippen LogP contribution >= 0.6 is 0 Å². The summed E-state index contributed by atoms with van der Waals surface area (Å²) in [6.45, 7) is 13.0. The molecule has 1 unspecified atom stereocenters. The van der Waals surface area contributed by atoms with E-state index in [2.05, 4.69) is 5.10 Å². The molecule has 0 saturated carbocycles. The van der Waals surface area contributed by atoms with Crippen molar-refractivity contribution in [1.29, 1.82) is 0 Å². The number of ether oxygens (including phenoxy) is 2. The SMILES string of the molecule is Cc1c(CCOc2c(-c3ccc4c(c3)c(CN(C)C(=O)OC(C)(C)C)cc(=O)n4C)ccc(F)c2F)c(C(O)C(C)(C)C)nn1C. The van der Waals surface area contributed by atoms with E-state index in [-0.39, 0.29) is 24.5 Å². The van der Waals surface area contributed by atoms with E-state index < -0.39 is 34.8 Å². The first-order valence-corrected chi connectivity index (χ1v) is 15.2. The van der Waals surface area contributed by atoms with Gasteiger partial charge < -0.3 is 24.0 Å². The van der Waals surface area contributed by atoms with E-state index in [0.717, 1.165) is 17.3 Å². The number of carbonyl (C=O) groups excluding carboxylic acids is 1. The number of fused-ring (bicyclic) bond motifs is 1. The van der Waals surface area contributed by atoms with E-state index >= 15 is 4.39 Å². The van der Waals surface area contributed by atoms with Crippen LogP contribution in [-0.2, 0) is 31.8 Å². The summed E-state index contributed by atoms with van der Waals surface area (Å²) in [5.74, 6) is -2.43. The van der Waals surface area contributed by atoms with Gasteiger partial charge in [-0.3, -0.25) is 9.48 Å². The highest BCUT2D eigenvalue weighted by Crippen LogP contribution is 2.37. The quantitative estimate of drug-likeness (QED) is 0.234. The predicted octanol–water partition coefficient (Wildman–Crippen LogP) is 6.59. The molecule has 1 atom stereocenters. The number of aliphatic hydroxyl groups is 1. The second-order valence-corrected chi connectivity index (χ2v) is 13.8. The van der Waals surface area contributed by atoms with Crippen LogP contribution in [0.1, 0.15) is 70.2 Å². The first-order chi connectivity index (χ1) is 21.3. The molecular weight excluding hydrogens is 594 g/mol. The lowest BCUT2D eigenvalue weighted by Crippen LogP contribution is -2.34. The highest BCUT2D eigenvalue weighted by atomic mass is 19.2. The van der Waals surface area contributed by atoms with Crippen LogP contribution in [0.15, 0.2) is 41.2 Å². The minimum atomic E-state index is -1.12. The highest BCUT2D eigenvalue weighted by molar-refractivity contribution is 5.89. The number of aryl methyl sites for hydroxylation is 2. The maximum atomic E-state index is 15.4. The standard InChI is InChI=1S/C35H44F2N4O5/c1-20-23(30(38-41(20)10)32(43)34(2,3)4)15-16-45-31-24(12-13-26(36)29(31)37)21-11-14-27-25(17-21)22(18-28(42)40(27)9)19-39(8)33(44)46-35(5,6)7/h11-14,17-18,32,43H,15-16,19H2,1-10H3. The molecule has 2 aromatic carbocycles. The zero-order chi connectivity index (χ0) is 34.3. The average molecular weight is 639 g/mol. The van der Waals surface area contributed by atoms with Crippen molar-refractivity contribution in [2.24, 2.45) is 19.5 Å². The first-order valence-electron chi connectivity index (χ1n) is 15.2. The lowest BCUT2D eigenvalue weighted by molar-refractivity contribution is 0.0285. The number of nitrogens with zero attached hydrogens (tertiary/aromatic N) is 4. The van der Waals surface area contributed by atoms with Gasteiger partial charge in [-0.25, -0.2) is 9.18 Å². The summed E-state index contributed by atoms with van der Waals surface area (Å²) in [4.78, 5) is 26.9. The summed E-state index contributed by atoms with van der Waals surface area (Å²) >= 11 is 0. The molecule has 4 rings (SSSR count). The molecule has 0 saturated heterocycles. The van der Waals surface area contributed by atoms with Crippen LogP contribution in [0.25, 0.3) is 22.0 Å². The summed E-state index contributed by atoms with van der Waals surface area (Å²) < 4.78 is 44.5. The van der Waals surface area contributed by atoms with Gasteiger partial charge in [0.15, 0.2) is 11.6 Å². The molecule has 0 fully saturated rings. The third-order valence-corrected chi connectivity index (χ3v) is 7.97. The van der Waals surface area contributed by atoms with Crippen LogP contribution in [0.3, 0.4) is 0 Å². The predicted molar refractivity (Wildman–Crippen MR) is 174 cm³/mol.